The largest absolute Gasteiger partial charge is 0.202 e. The first-order chi connectivity index (χ1) is 11.9. The zero-order valence-corrected chi connectivity index (χ0v) is 19.7. The second kappa shape index (κ2) is 14.3. The van der Waals surface area contributed by atoms with Gasteiger partial charge in [0.2, 0.25) is 0 Å². The Morgan fingerprint density at radius 1 is 0.519 bits per heavy atom. The number of benzene rings is 1. The summed E-state index contributed by atoms with van der Waals surface area (Å²) < 4.78 is 54.8. The highest BCUT2D eigenvalue weighted by molar-refractivity contribution is 8.77. The van der Waals surface area contributed by atoms with Crippen LogP contribution in [0.5, 0.6) is 0 Å². The second-order valence-electron chi connectivity index (χ2n) is 6.54. The SMILES string of the molecule is C.CC(C)SSC(C)C.CC(C)Sc1c(F)c(F)c(SC(C)C)c(F)c1F.[2HH]. The molecule has 0 unspecified atom stereocenters. The molecule has 162 valence electrons. The molecule has 0 radical (unpaired) electrons. The molecule has 0 aliphatic heterocycles. The van der Waals surface area contributed by atoms with Gasteiger partial charge in [0.25, 0.3) is 0 Å². The topological polar surface area (TPSA) is 0 Å². The molecule has 1 aromatic carbocycles. The number of thioether (sulfide) groups is 2. The van der Waals surface area contributed by atoms with E-state index in [-0.39, 0.29) is 19.4 Å². The Bertz CT molecular complexity index is 489. The smallest absolute Gasteiger partial charge is 0.176 e. The van der Waals surface area contributed by atoms with Gasteiger partial charge in [-0.1, -0.05) is 84.4 Å². The fourth-order valence-electron chi connectivity index (χ4n) is 1.49. The normalized spacial score (nSPS) is 11.1. The molecule has 0 atom stereocenters. The molecule has 0 spiro atoms. The van der Waals surface area contributed by atoms with Crippen molar-refractivity contribution in [2.75, 3.05) is 0 Å². The molecule has 0 saturated heterocycles. The summed E-state index contributed by atoms with van der Waals surface area (Å²) in [5.74, 6) is -5.24. The lowest BCUT2D eigenvalue weighted by molar-refractivity contribution is 0.400. The third-order valence-electron chi connectivity index (χ3n) is 2.33. The summed E-state index contributed by atoms with van der Waals surface area (Å²) in [6, 6.07) is 0. The highest BCUT2D eigenvalue weighted by atomic mass is 33.1. The molecule has 1 rings (SSSR count). The van der Waals surface area contributed by atoms with Crippen molar-refractivity contribution in [2.24, 2.45) is 0 Å². The van der Waals surface area contributed by atoms with Crippen LogP contribution in [0.4, 0.5) is 17.6 Å². The summed E-state index contributed by atoms with van der Waals surface area (Å²) >= 11 is 1.54. The summed E-state index contributed by atoms with van der Waals surface area (Å²) in [4.78, 5) is -1.18. The lowest BCUT2D eigenvalue weighted by Crippen LogP contribution is -2.04. The van der Waals surface area contributed by atoms with E-state index in [4.69, 9.17) is 0 Å². The van der Waals surface area contributed by atoms with E-state index < -0.39 is 33.1 Å². The first kappa shape index (κ1) is 29.5. The van der Waals surface area contributed by atoms with Crippen molar-refractivity contribution >= 4 is 45.1 Å². The van der Waals surface area contributed by atoms with Gasteiger partial charge in [0, 0.05) is 22.4 Å². The monoisotopic (exact) mass is 467 g/mol. The first-order valence-corrected chi connectivity index (χ1v) is 12.4. The Hall–Kier alpha value is 0.340. The molecule has 0 bridgehead atoms. The minimum Gasteiger partial charge on any atom is -0.202 e. The summed E-state index contributed by atoms with van der Waals surface area (Å²) in [6.45, 7) is 15.7. The van der Waals surface area contributed by atoms with Crippen LogP contribution in [0, 0.1) is 23.3 Å². The predicted molar refractivity (Wildman–Crippen MR) is 123 cm³/mol. The van der Waals surface area contributed by atoms with E-state index in [0.717, 1.165) is 34.0 Å². The molecule has 27 heavy (non-hydrogen) atoms. The molecule has 0 aliphatic carbocycles. The molecular formula is C19H34F4S4. The molecular weight excluding hydrogens is 432 g/mol. The van der Waals surface area contributed by atoms with Crippen LogP contribution < -0.4 is 0 Å². The van der Waals surface area contributed by atoms with Crippen LogP contribution >= 0.6 is 45.1 Å². The van der Waals surface area contributed by atoms with Gasteiger partial charge in [0.15, 0.2) is 23.3 Å². The highest BCUT2D eigenvalue weighted by Gasteiger charge is 2.26. The van der Waals surface area contributed by atoms with Crippen LogP contribution in [0.25, 0.3) is 0 Å². The van der Waals surface area contributed by atoms with Gasteiger partial charge in [-0.2, -0.15) is 0 Å². The lowest BCUT2D eigenvalue weighted by atomic mass is 10.3. The van der Waals surface area contributed by atoms with E-state index in [1.165, 1.54) is 0 Å². The van der Waals surface area contributed by atoms with Crippen molar-refractivity contribution in [3.8, 4) is 0 Å². The van der Waals surface area contributed by atoms with Crippen molar-refractivity contribution < 1.29 is 19.0 Å². The number of rotatable bonds is 7. The van der Waals surface area contributed by atoms with E-state index in [2.05, 4.69) is 27.7 Å². The van der Waals surface area contributed by atoms with Crippen molar-refractivity contribution in [1.29, 1.82) is 0 Å². The zero-order chi connectivity index (χ0) is 20.6. The van der Waals surface area contributed by atoms with E-state index in [1.807, 2.05) is 21.6 Å². The summed E-state index contributed by atoms with van der Waals surface area (Å²) in [5, 5.41) is 1.19. The van der Waals surface area contributed by atoms with Crippen molar-refractivity contribution in [1.82, 2.24) is 0 Å². The summed E-state index contributed by atoms with van der Waals surface area (Å²) in [6.07, 6.45) is 0. The van der Waals surface area contributed by atoms with E-state index in [9.17, 15) is 17.6 Å². The Kier molecular flexibility index (Phi) is 15.7. The van der Waals surface area contributed by atoms with Crippen LogP contribution in [0.3, 0.4) is 0 Å². The van der Waals surface area contributed by atoms with Gasteiger partial charge in [-0.05, 0) is 0 Å². The standard InChI is InChI=1S/C12H14F4S2.C6H14S2.CH4.H2/c1-5(2)17-11-7(13)9(15)12(18-6(3)4)10(16)8(11)14;1-5(2)7-8-6(3)4;;/h5-6H,1-4H3;5-6H,1-4H3;1H4;1H/i;;;1+1. The van der Waals surface area contributed by atoms with Crippen LogP contribution in [0.2, 0.25) is 0 Å². The van der Waals surface area contributed by atoms with Crippen LogP contribution in [-0.2, 0) is 0 Å². The maximum atomic E-state index is 13.7. The highest BCUT2D eigenvalue weighted by Crippen LogP contribution is 2.38. The third-order valence-corrected chi connectivity index (χ3v) is 7.99. The predicted octanol–water partition coefficient (Wildman–Crippen LogP) is 9.31. The minimum absolute atomic E-state index is 0. The summed E-state index contributed by atoms with van der Waals surface area (Å²) in [5.41, 5.74) is 0. The van der Waals surface area contributed by atoms with Crippen molar-refractivity contribution in [2.45, 2.75) is 93.6 Å². The molecule has 0 nitrogen and oxygen atoms in total. The van der Waals surface area contributed by atoms with Crippen LogP contribution in [-0.4, -0.2) is 21.0 Å². The molecule has 0 amide bonds. The first-order valence-electron chi connectivity index (χ1n) is 8.39. The van der Waals surface area contributed by atoms with Gasteiger partial charge >= 0.3 is 0 Å². The van der Waals surface area contributed by atoms with E-state index >= 15 is 0 Å². The van der Waals surface area contributed by atoms with Gasteiger partial charge < -0.3 is 0 Å². The van der Waals surface area contributed by atoms with Gasteiger partial charge in [0.05, 0.1) is 9.79 Å². The molecule has 0 N–H and O–H groups in total. The maximum Gasteiger partial charge on any atom is 0.176 e. The Balaban J connectivity index is -0.000000537. The fourth-order valence-corrected chi connectivity index (χ4v) is 4.98. The summed E-state index contributed by atoms with van der Waals surface area (Å²) in [7, 11) is 3.91. The number of hydrogen-bond donors (Lipinski definition) is 0. The zero-order valence-electron chi connectivity index (χ0n) is 16.5. The average molecular weight is 468 g/mol. The van der Waals surface area contributed by atoms with Crippen molar-refractivity contribution in [3.05, 3.63) is 23.3 Å². The second-order valence-corrected chi connectivity index (χ2v) is 13.1. The quantitative estimate of drug-likeness (QED) is 0.169. The molecule has 0 heterocycles. The molecule has 0 fully saturated rings. The average Bonchev–Trinajstić information content (AvgIpc) is 2.52. The lowest BCUT2D eigenvalue weighted by Gasteiger charge is -2.13. The molecule has 1 aromatic rings. The molecule has 0 aliphatic rings. The third kappa shape index (κ3) is 11.2. The molecule has 0 aromatic heterocycles. The number of halogens is 4. The Labute approximate surface area is 180 Å². The van der Waals surface area contributed by atoms with Gasteiger partial charge in [-0.25, -0.2) is 17.6 Å². The van der Waals surface area contributed by atoms with E-state index in [1.54, 1.807) is 27.7 Å². The molecule has 8 heteroatoms. The Morgan fingerprint density at radius 2 is 0.741 bits per heavy atom. The van der Waals surface area contributed by atoms with Crippen LogP contribution in [0.1, 0.15) is 64.2 Å². The Morgan fingerprint density at radius 3 is 0.889 bits per heavy atom. The van der Waals surface area contributed by atoms with Gasteiger partial charge in [-0.3, -0.25) is 0 Å². The van der Waals surface area contributed by atoms with Gasteiger partial charge in [0.1, 0.15) is 0 Å². The minimum atomic E-state index is -1.31. The van der Waals surface area contributed by atoms with Crippen LogP contribution in [0.15, 0.2) is 9.79 Å². The van der Waals surface area contributed by atoms with Gasteiger partial charge in [-0.15, -0.1) is 23.5 Å². The maximum absolute atomic E-state index is 13.7. The van der Waals surface area contributed by atoms with Crippen molar-refractivity contribution in [3.63, 3.8) is 0 Å². The fraction of sp³-hybridized carbons (Fsp3) is 0.684. The van der Waals surface area contributed by atoms with E-state index in [0.29, 0.717) is 0 Å². The number of hydrogen-bond acceptors (Lipinski definition) is 4. The molecule has 0 saturated carbocycles.